The van der Waals surface area contributed by atoms with Crippen molar-refractivity contribution in [1.29, 1.82) is 0 Å². The molecule has 0 aliphatic rings. The maximum atomic E-state index is 10.8. The molecular weight excluding hydrogens is 226 g/mol. The van der Waals surface area contributed by atoms with Gasteiger partial charge in [0.1, 0.15) is 9.84 Å². The molecule has 5 heteroatoms. The van der Waals surface area contributed by atoms with Gasteiger partial charge in [0.2, 0.25) is 0 Å². The molecule has 0 spiro atoms. The summed E-state index contributed by atoms with van der Waals surface area (Å²) >= 11 is 0. The molecule has 16 heavy (non-hydrogen) atoms. The van der Waals surface area contributed by atoms with Gasteiger partial charge in [-0.2, -0.15) is 0 Å². The molecule has 1 atom stereocenters. The number of hydrogen-bond donors (Lipinski definition) is 1. The Morgan fingerprint density at radius 1 is 1.31 bits per heavy atom. The third-order valence-electron chi connectivity index (χ3n) is 2.30. The van der Waals surface area contributed by atoms with E-state index in [1.165, 1.54) is 19.1 Å². The molecule has 0 bridgehead atoms. The van der Waals surface area contributed by atoms with Gasteiger partial charge in [-0.1, -0.05) is 20.3 Å². The average molecular weight is 251 g/mol. The minimum absolute atomic E-state index is 0.110. The quantitative estimate of drug-likeness (QED) is 0.590. The third-order valence-corrected chi connectivity index (χ3v) is 3.20. The van der Waals surface area contributed by atoms with Gasteiger partial charge in [0.05, 0.1) is 19.0 Å². The lowest BCUT2D eigenvalue weighted by atomic mass is 10.1. The molecule has 0 aliphatic heterocycles. The number of sulfone groups is 1. The molecule has 98 valence electrons. The fraction of sp³-hybridized carbons (Fsp3) is 1.00. The Morgan fingerprint density at radius 3 is 2.56 bits per heavy atom. The Bertz CT molecular complexity index is 252. The van der Waals surface area contributed by atoms with Crippen LogP contribution in [0.3, 0.4) is 0 Å². The maximum Gasteiger partial charge on any atom is 0.149 e. The molecule has 0 fully saturated rings. The predicted octanol–water partition coefficient (Wildman–Crippen LogP) is 1.07. The second-order valence-electron chi connectivity index (χ2n) is 4.34. The van der Waals surface area contributed by atoms with Gasteiger partial charge >= 0.3 is 0 Å². The second-order valence-corrected chi connectivity index (χ2v) is 6.60. The highest BCUT2D eigenvalue weighted by Crippen LogP contribution is 2.02. The van der Waals surface area contributed by atoms with E-state index in [4.69, 9.17) is 4.74 Å². The van der Waals surface area contributed by atoms with Crippen LogP contribution in [0.25, 0.3) is 0 Å². The summed E-state index contributed by atoms with van der Waals surface area (Å²) < 4.78 is 26.8. The van der Waals surface area contributed by atoms with Crippen LogP contribution >= 0.6 is 0 Å². The maximum absolute atomic E-state index is 10.8. The van der Waals surface area contributed by atoms with Gasteiger partial charge in [0.25, 0.3) is 0 Å². The molecule has 0 aliphatic carbocycles. The number of hydrogen-bond acceptors (Lipinski definition) is 4. The van der Waals surface area contributed by atoms with Gasteiger partial charge in [-0.25, -0.2) is 8.42 Å². The SMILES string of the molecule is CCCC(C)CNCCOCCS(C)(=O)=O. The van der Waals surface area contributed by atoms with Crippen LogP contribution < -0.4 is 5.32 Å². The van der Waals surface area contributed by atoms with E-state index in [1.54, 1.807) is 0 Å². The van der Waals surface area contributed by atoms with Crippen LogP contribution in [-0.4, -0.2) is 46.7 Å². The van der Waals surface area contributed by atoms with Crippen LogP contribution in [0.15, 0.2) is 0 Å². The molecule has 0 aromatic carbocycles. The highest BCUT2D eigenvalue weighted by Gasteiger charge is 2.01. The summed E-state index contributed by atoms with van der Waals surface area (Å²) in [4.78, 5) is 0. The van der Waals surface area contributed by atoms with Crippen molar-refractivity contribution in [1.82, 2.24) is 5.32 Å². The summed E-state index contributed by atoms with van der Waals surface area (Å²) in [6, 6.07) is 0. The Hall–Kier alpha value is -0.130. The second kappa shape index (κ2) is 8.96. The van der Waals surface area contributed by atoms with E-state index in [0.717, 1.165) is 13.1 Å². The van der Waals surface area contributed by atoms with Crippen molar-refractivity contribution in [2.75, 3.05) is 38.3 Å². The van der Waals surface area contributed by atoms with Crippen LogP contribution in [0.5, 0.6) is 0 Å². The van der Waals surface area contributed by atoms with Crippen LogP contribution in [0.1, 0.15) is 26.7 Å². The third kappa shape index (κ3) is 11.9. The van der Waals surface area contributed by atoms with Crippen LogP contribution in [0.4, 0.5) is 0 Å². The topological polar surface area (TPSA) is 55.4 Å². The Labute approximate surface area is 99.7 Å². The number of nitrogens with one attached hydrogen (secondary N) is 1. The lowest BCUT2D eigenvalue weighted by Gasteiger charge is -2.11. The van der Waals surface area contributed by atoms with Crippen molar-refractivity contribution in [3.05, 3.63) is 0 Å². The van der Waals surface area contributed by atoms with Crippen LogP contribution in [0, 0.1) is 5.92 Å². The number of ether oxygens (including phenoxy) is 1. The molecule has 4 nitrogen and oxygen atoms in total. The van der Waals surface area contributed by atoms with E-state index in [2.05, 4.69) is 19.2 Å². The molecule has 0 amide bonds. The van der Waals surface area contributed by atoms with Gasteiger partial charge in [-0.05, 0) is 18.9 Å². The highest BCUT2D eigenvalue weighted by molar-refractivity contribution is 7.90. The first-order valence-electron chi connectivity index (χ1n) is 5.92. The molecule has 0 aromatic rings. The molecule has 0 aromatic heterocycles. The zero-order valence-electron chi connectivity index (χ0n) is 10.7. The number of rotatable bonds is 10. The van der Waals surface area contributed by atoms with Crippen molar-refractivity contribution in [3.8, 4) is 0 Å². The first kappa shape index (κ1) is 15.9. The standard InChI is InChI=1S/C11H25NO3S/c1-4-5-11(2)10-12-6-7-15-8-9-16(3,13)14/h11-12H,4-10H2,1-3H3. The van der Waals surface area contributed by atoms with E-state index in [-0.39, 0.29) is 5.75 Å². The minimum Gasteiger partial charge on any atom is -0.379 e. The van der Waals surface area contributed by atoms with Crippen LogP contribution in [-0.2, 0) is 14.6 Å². The summed E-state index contributed by atoms with van der Waals surface area (Å²) in [7, 11) is -2.88. The van der Waals surface area contributed by atoms with Crippen molar-refractivity contribution in [2.45, 2.75) is 26.7 Å². The monoisotopic (exact) mass is 251 g/mol. The Morgan fingerprint density at radius 2 is 2.00 bits per heavy atom. The zero-order valence-corrected chi connectivity index (χ0v) is 11.5. The molecule has 0 saturated heterocycles. The summed E-state index contributed by atoms with van der Waals surface area (Å²) in [6.45, 7) is 7.08. The lowest BCUT2D eigenvalue weighted by Crippen LogP contribution is -2.25. The van der Waals surface area contributed by atoms with Gasteiger partial charge in [-0.3, -0.25) is 0 Å². The van der Waals surface area contributed by atoms with Gasteiger partial charge in [0, 0.05) is 12.8 Å². The van der Waals surface area contributed by atoms with E-state index in [1.807, 2.05) is 0 Å². The molecule has 0 radical (unpaired) electrons. The largest absolute Gasteiger partial charge is 0.379 e. The first-order chi connectivity index (χ1) is 7.45. The Balaban J connectivity index is 3.22. The predicted molar refractivity (Wildman–Crippen MR) is 67.5 cm³/mol. The first-order valence-corrected chi connectivity index (χ1v) is 7.98. The summed E-state index contributed by atoms with van der Waals surface area (Å²) in [5.41, 5.74) is 0. The van der Waals surface area contributed by atoms with Gasteiger partial charge < -0.3 is 10.1 Å². The fourth-order valence-electron chi connectivity index (χ4n) is 1.40. The van der Waals surface area contributed by atoms with Crippen molar-refractivity contribution < 1.29 is 13.2 Å². The Kier molecular flexibility index (Phi) is 8.89. The van der Waals surface area contributed by atoms with Crippen molar-refractivity contribution in [3.63, 3.8) is 0 Å². The smallest absolute Gasteiger partial charge is 0.149 e. The summed E-state index contributed by atoms with van der Waals surface area (Å²) in [5.74, 6) is 0.806. The van der Waals surface area contributed by atoms with E-state index in [9.17, 15) is 8.42 Å². The molecule has 1 N–H and O–H groups in total. The summed E-state index contributed by atoms with van der Waals surface area (Å²) in [6.07, 6.45) is 3.68. The average Bonchev–Trinajstić information content (AvgIpc) is 2.15. The molecule has 0 heterocycles. The van der Waals surface area contributed by atoms with Crippen LogP contribution in [0.2, 0.25) is 0 Å². The van der Waals surface area contributed by atoms with Gasteiger partial charge in [0.15, 0.2) is 0 Å². The molecule has 0 saturated carbocycles. The van der Waals surface area contributed by atoms with Crippen molar-refractivity contribution in [2.24, 2.45) is 5.92 Å². The summed E-state index contributed by atoms with van der Waals surface area (Å²) in [5, 5.41) is 3.29. The van der Waals surface area contributed by atoms with E-state index in [0.29, 0.717) is 19.1 Å². The normalized spacial score (nSPS) is 13.9. The van der Waals surface area contributed by atoms with E-state index < -0.39 is 9.84 Å². The molecular formula is C11H25NO3S. The fourth-order valence-corrected chi connectivity index (χ4v) is 1.82. The van der Waals surface area contributed by atoms with Crippen molar-refractivity contribution >= 4 is 9.84 Å². The minimum atomic E-state index is -2.88. The zero-order chi connectivity index (χ0) is 12.4. The molecule has 0 rings (SSSR count). The van der Waals surface area contributed by atoms with E-state index >= 15 is 0 Å². The van der Waals surface area contributed by atoms with Gasteiger partial charge in [-0.15, -0.1) is 0 Å². The highest BCUT2D eigenvalue weighted by atomic mass is 32.2. The molecule has 1 unspecified atom stereocenters. The lowest BCUT2D eigenvalue weighted by molar-refractivity contribution is 0.150.